The van der Waals surface area contributed by atoms with Crippen LogP contribution in [0.2, 0.25) is 0 Å². The predicted octanol–water partition coefficient (Wildman–Crippen LogP) is 5.18. The summed E-state index contributed by atoms with van der Waals surface area (Å²) in [6.45, 7) is 23.1. The summed E-state index contributed by atoms with van der Waals surface area (Å²) in [5.41, 5.74) is 0. The maximum atomic E-state index is 3.83. The first-order chi connectivity index (χ1) is 7.37. The van der Waals surface area contributed by atoms with Gasteiger partial charge in [0.1, 0.15) is 0 Å². The maximum Gasteiger partial charge on any atom is 0.0917 e. The average Bonchev–Trinajstić information content (AvgIpc) is 1.96. The second-order valence-electron chi connectivity index (χ2n) is 7.37. The van der Waals surface area contributed by atoms with Crippen LogP contribution in [-0.2, 0) is 0 Å². The van der Waals surface area contributed by atoms with Crippen LogP contribution in [0.4, 0.5) is 0 Å². The van der Waals surface area contributed by atoms with Crippen LogP contribution in [-0.4, -0.2) is 27.3 Å². The van der Waals surface area contributed by atoms with Crippen LogP contribution < -0.4 is 0 Å². The molecule has 0 heterocycles. The van der Waals surface area contributed by atoms with Gasteiger partial charge in [-0.3, -0.25) is 4.90 Å². The third-order valence-electron chi connectivity index (χ3n) is 2.67. The molecule has 0 aromatic heterocycles. The molecule has 0 unspecified atom stereocenters. The van der Waals surface area contributed by atoms with E-state index in [1.807, 2.05) is 0 Å². The molecule has 0 fully saturated rings. The highest BCUT2D eigenvalue weighted by atomic mass is 31.1. The van der Waals surface area contributed by atoms with Crippen molar-refractivity contribution in [2.75, 3.05) is 0 Å². The van der Waals surface area contributed by atoms with Gasteiger partial charge in [-0.25, -0.2) is 0 Å². The molecular weight excluding hydrogens is 225 g/mol. The Labute approximate surface area is 111 Å². The van der Waals surface area contributed by atoms with E-state index in [4.69, 9.17) is 0 Å². The molecule has 102 valence electrons. The van der Waals surface area contributed by atoms with Gasteiger partial charge in [0, 0.05) is 12.1 Å². The van der Waals surface area contributed by atoms with Crippen molar-refractivity contribution in [2.24, 2.45) is 0 Å². The molecule has 17 heavy (non-hydrogen) atoms. The quantitative estimate of drug-likeness (QED) is 0.495. The molecule has 2 heteroatoms. The van der Waals surface area contributed by atoms with E-state index in [2.05, 4.69) is 80.4 Å². The number of rotatable bonds is 4. The van der Waals surface area contributed by atoms with Gasteiger partial charge in [-0.15, -0.1) is 0 Å². The summed E-state index contributed by atoms with van der Waals surface area (Å²) in [7, 11) is -0.271. The monoisotopic (exact) mass is 257 g/mol. The van der Waals surface area contributed by atoms with Crippen LogP contribution in [0.1, 0.15) is 69.2 Å². The number of hydrogen-bond acceptors (Lipinski definition) is 1. The Morgan fingerprint density at radius 3 is 1.24 bits per heavy atom. The van der Waals surface area contributed by atoms with Crippen LogP contribution in [0.25, 0.3) is 0 Å². The first kappa shape index (κ1) is 17.4. The van der Waals surface area contributed by atoms with Crippen LogP contribution in [0, 0.1) is 6.29 Å². The van der Waals surface area contributed by atoms with Crippen molar-refractivity contribution in [3.8, 4) is 0 Å². The van der Waals surface area contributed by atoms with E-state index in [1.54, 1.807) is 0 Å². The molecule has 0 bridgehead atoms. The normalized spacial score (nSPS) is 14.5. The molecule has 0 saturated carbocycles. The van der Waals surface area contributed by atoms with Crippen molar-refractivity contribution < 1.29 is 0 Å². The first-order valence-corrected chi connectivity index (χ1v) is 8.06. The molecule has 0 aromatic carbocycles. The Morgan fingerprint density at radius 1 is 0.765 bits per heavy atom. The zero-order chi connectivity index (χ0) is 14.0. The summed E-state index contributed by atoms with van der Waals surface area (Å²) in [4.78, 5) is 2.40. The van der Waals surface area contributed by atoms with E-state index in [1.165, 1.54) is 0 Å². The highest BCUT2D eigenvalue weighted by Gasteiger charge is 2.37. The molecule has 0 aliphatic heterocycles. The zero-order valence-electron chi connectivity index (χ0n) is 13.5. The van der Waals surface area contributed by atoms with Gasteiger partial charge in [-0.1, -0.05) is 49.5 Å². The molecule has 0 amide bonds. The molecule has 0 atom stereocenters. The minimum absolute atomic E-state index is 0.271. The summed E-state index contributed by atoms with van der Waals surface area (Å²) in [6.07, 6.45) is 3.83. The van der Waals surface area contributed by atoms with Crippen molar-refractivity contribution in [3.63, 3.8) is 0 Å². The fourth-order valence-corrected chi connectivity index (χ4v) is 5.55. The largest absolute Gasteiger partial charge is 0.285 e. The zero-order valence-corrected chi connectivity index (χ0v) is 14.4. The summed E-state index contributed by atoms with van der Waals surface area (Å²) in [6, 6.07) is 1.06. The van der Waals surface area contributed by atoms with Crippen LogP contribution in [0.5, 0.6) is 0 Å². The van der Waals surface area contributed by atoms with E-state index in [0.29, 0.717) is 22.4 Å². The van der Waals surface area contributed by atoms with Gasteiger partial charge in [0.15, 0.2) is 0 Å². The van der Waals surface area contributed by atoms with E-state index in [-0.39, 0.29) is 7.92 Å². The maximum absolute atomic E-state index is 3.83. The molecule has 0 spiro atoms. The Hall–Kier alpha value is 0.390. The van der Waals surface area contributed by atoms with Crippen molar-refractivity contribution in [3.05, 3.63) is 6.29 Å². The molecule has 1 nitrogen and oxygen atoms in total. The summed E-state index contributed by atoms with van der Waals surface area (Å²) in [5, 5.41) is 0.630. The van der Waals surface area contributed by atoms with Crippen molar-refractivity contribution >= 4 is 7.92 Å². The fraction of sp³-hybridized carbons (Fsp3) is 0.933. The summed E-state index contributed by atoms with van der Waals surface area (Å²) < 4.78 is 0. The van der Waals surface area contributed by atoms with Gasteiger partial charge < -0.3 is 0 Å². The van der Waals surface area contributed by atoms with Crippen LogP contribution in [0.15, 0.2) is 0 Å². The van der Waals surface area contributed by atoms with Gasteiger partial charge in [0.2, 0.25) is 0 Å². The van der Waals surface area contributed by atoms with Crippen molar-refractivity contribution in [2.45, 2.75) is 91.6 Å². The minimum atomic E-state index is -0.271. The second-order valence-corrected chi connectivity index (χ2v) is 10.9. The van der Waals surface area contributed by atoms with E-state index in [0.717, 1.165) is 0 Å². The summed E-state index contributed by atoms with van der Waals surface area (Å²) in [5.74, 6) is 0. The number of nitrogens with zero attached hydrogens (tertiary/aromatic N) is 1. The standard InChI is InChI=1S/C15H32NP/c1-12(2)16(13(3)4)11-17(14(5,6)7)15(8,9)10/h12-13H,1-10H3. The van der Waals surface area contributed by atoms with Gasteiger partial charge in [0.25, 0.3) is 0 Å². The average molecular weight is 257 g/mol. The van der Waals surface area contributed by atoms with Crippen LogP contribution in [0.3, 0.4) is 0 Å². The number of hydrogen-bond donors (Lipinski definition) is 0. The molecular formula is C15H32NP. The van der Waals surface area contributed by atoms with E-state index in [9.17, 15) is 0 Å². The SMILES string of the molecule is CC(C)N([C]P(C(C)(C)C)C(C)(C)C)C(C)C. The van der Waals surface area contributed by atoms with E-state index >= 15 is 0 Å². The fourth-order valence-electron chi connectivity index (χ4n) is 2.25. The van der Waals surface area contributed by atoms with Crippen LogP contribution >= 0.6 is 7.92 Å². The second kappa shape index (κ2) is 6.02. The third kappa shape index (κ3) is 5.71. The lowest BCUT2D eigenvalue weighted by Gasteiger charge is -2.45. The molecule has 0 aliphatic carbocycles. The molecule has 0 saturated heterocycles. The molecule has 0 N–H and O–H groups in total. The van der Waals surface area contributed by atoms with E-state index < -0.39 is 0 Å². The highest BCUT2D eigenvalue weighted by molar-refractivity contribution is 7.62. The van der Waals surface area contributed by atoms with Gasteiger partial charge in [-0.05, 0) is 38.0 Å². The Balaban J connectivity index is 4.99. The lowest BCUT2D eigenvalue weighted by Crippen LogP contribution is -2.38. The predicted molar refractivity (Wildman–Crippen MR) is 81.8 cm³/mol. The molecule has 0 aliphatic rings. The molecule has 2 radical (unpaired) electrons. The minimum Gasteiger partial charge on any atom is -0.285 e. The third-order valence-corrected chi connectivity index (χ3v) is 5.78. The smallest absolute Gasteiger partial charge is 0.0917 e. The van der Waals surface area contributed by atoms with Gasteiger partial charge in [-0.2, -0.15) is 0 Å². The van der Waals surface area contributed by atoms with Crippen molar-refractivity contribution in [1.82, 2.24) is 4.90 Å². The summed E-state index contributed by atoms with van der Waals surface area (Å²) >= 11 is 0. The Kier molecular flexibility index (Phi) is 6.16. The lowest BCUT2D eigenvalue weighted by atomic mass is 10.2. The topological polar surface area (TPSA) is 3.24 Å². The molecule has 0 rings (SSSR count). The van der Waals surface area contributed by atoms with Gasteiger partial charge >= 0.3 is 0 Å². The first-order valence-electron chi connectivity index (χ1n) is 6.72. The Bertz CT molecular complexity index is 198. The van der Waals surface area contributed by atoms with Crippen molar-refractivity contribution in [1.29, 1.82) is 0 Å². The highest BCUT2D eigenvalue weighted by Crippen LogP contribution is 2.62. The van der Waals surface area contributed by atoms with Gasteiger partial charge in [0.05, 0.1) is 6.29 Å². The molecule has 0 aromatic rings. The Morgan fingerprint density at radius 2 is 1.06 bits per heavy atom. The lowest BCUT2D eigenvalue weighted by molar-refractivity contribution is 0.240.